The molecule has 7 nitrogen and oxygen atoms in total. The molecule has 2 rings (SSSR count). The number of rotatable bonds is 2. The molecule has 2 N–H and O–H groups in total. The molecule has 0 radical (unpaired) electrons. The van der Waals surface area contributed by atoms with Crippen molar-refractivity contribution in [2.24, 2.45) is 0 Å². The third-order valence-electron chi connectivity index (χ3n) is 2.07. The number of ketones is 1. The molecule has 0 aliphatic rings. The molecular formula is C13H10N2O5. The van der Waals surface area contributed by atoms with Gasteiger partial charge in [-0.3, -0.25) is 14.8 Å². The summed E-state index contributed by atoms with van der Waals surface area (Å²) in [5.74, 6) is -3.65. The number of pyridine rings is 2. The molecule has 0 atom stereocenters. The molecule has 0 spiro atoms. The van der Waals surface area contributed by atoms with Crippen molar-refractivity contribution >= 4 is 17.7 Å². The molecule has 20 heavy (non-hydrogen) atoms. The Morgan fingerprint density at radius 2 is 1.00 bits per heavy atom. The monoisotopic (exact) mass is 274 g/mol. The summed E-state index contributed by atoms with van der Waals surface area (Å²) in [6.45, 7) is 0. The molecule has 0 saturated carbocycles. The van der Waals surface area contributed by atoms with Crippen LogP contribution in [0.15, 0.2) is 49.1 Å². The van der Waals surface area contributed by atoms with Crippen molar-refractivity contribution in [1.29, 1.82) is 0 Å². The van der Waals surface area contributed by atoms with E-state index in [-0.39, 0.29) is 5.78 Å². The first-order valence-corrected chi connectivity index (χ1v) is 5.33. The molecule has 2 aromatic rings. The lowest BCUT2D eigenvalue weighted by molar-refractivity contribution is -0.159. The first-order valence-electron chi connectivity index (χ1n) is 5.33. The number of carbonyl (C=O) groups is 3. The number of nitrogens with zero attached hydrogens (tertiary/aromatic N) is 2. The van der Waals surface area contributed by atoms with E-state index >= 15 is 0 Å². The highest BCUT2D eigenvalue weighted by Crippen LogP contribution is 2.06. The van der Waals surface area contributed by atoms with Crippen LogP contribution in [0.5, 0.6) is 0 Å². The molecule has 0 aromatic carbocycles. The SMILES string of the molecule is O=C(O)C(=O)O.O=C(c1ccncc1)c1ccncc1. The van der Waals surface area contributed by atoms with Gasteiger partial charge in [0.2, 0.25) is 0 Å². The summed E-state index contributed by atoms with van der Waals surface area (Å²) in [7, 11) is 0. The van der Waals surface area contributed by atoms with Crippen LogP contribution in [0.25, 0.3) is 0 Å². The van der Waals surface area contributed by atoms with Gasteiger partial charge in [-0.15, -0.1) is 0 Å². The molecule has 7 heteroatoms. The van der Waals surface area contributed by atoms with Gasteiger partial charge < -0.3 is 10.2 Å². The zero-order valence-corrected chi connectivity index (χ0v) is 10.1. The molecule has 0 bridgehead atoms. The molecule has 0 unspecified atom stereocenters. The number of hydrogen-bond donors (Lipinski definition) is 2. The van der Waals surface area contributed by atoms with Crippen molar-refractivity contribution in [3.05, 3.63) is 60.2 Å². The predicted octanol–water partition coefficient (Wildman–Crippen LogP) is 0.863. The van der Waals surface area contributed by atoms with Crippen LogP contribution in [0.3, 0.4) is 0 Å². The summed E-state index contributed by atoms with van der Waals surface area (Å²) in [5.41, 5.74) is 1.29. The number of carboxylic acids is 2. The highest BCUT2D eigenvalue weighted by molar-refractivity contribution is 6.27. The minimum absolute atomic E-state index is 0.00481. The van der Waals surface area contributed by atoms with Gasteiger partial charge in [0.15, 0.2) is 5.78 Å². The molecule has 0 saturated heterocycles. The minimum atomic E-state index is -1.82. The maximum Gasteiger partial charge on any atom is 0.414 e. The van der Waals surface area contributed by atoms with E-state index < -0.39 is 11.9 Å². The van der Waals surface area contributed by atoms with Crippen LogP contribution in [0.4, 0.5) is 0 Å². The third kappa shape index (κ3) is 4.65. The Kier molecular flexibility index (Phi) is 5.51. The maximum atomic E-state index is 11.8. The minimum Gasteiger partial charge on any atom is -0.473 e. The van der Waals surface area contributed by atoms with E-state index in [1.165, 1.54) is 0 Å². The molecule has 2 heterocycles. The molecule has 0 aliphatic heterocycles. The van der Waals surface area contributed by atoms with Gasteiger partial charge in [-0.1, -0.05) is 0 Å². The van der Waals surface area contributed by atoms with Crippen molar-refractivity contribution in [2.75, 3.05) is 0 Å². The van der Waals surface area contributed by atoms with Crippen molar-refractivity contribution in [3.8, 4) is 0 Å². The quantitative estimate of drug-likeness (QED) is 0.616. The van der Waals surface area contributed by atoms with Gasteiger partial charge in [-0.25, -0.2) is 9.59 Å². The first-order chi connectivity index (χ1) is 9.52. The second-order valence-corrected chi connectivity index (χ2v) is 3.41. The van der Waals surface area contributed by atoms with E-state index in [0.717, 1.165) is 0 Å². The fourth-order valence-electron chi connectivity index (χ4n) is 1.17. The smallest absolute Gasteiger partial charge is 0.414 e. The van der Waals surface area contributed by atoms with Crippen LogP contribution >= 0.6 is 0 Å². The van der Waals surface area contributed by atoms with Crippen molar-refractivity contribution in [1.82, 2.24) is 9.97 Å². The summed E-state index contributed by atoms with van der Waals surface area (Å²) in [5, 5.41) is 14.8. The molecule has 0 fully saturated rings. The van der Waals surface area contributed by atoms with Gasteiger partial charge in [0.05, 0.1) is 0 Å². The van der Waals surface area contributed by atoms with Crippen LogP contribution in [0, 0.1) is 0 Å². The second kappa shape index (κ2) is 7.37. The topological polar surface area (TPSA) is 117 Å². The lowest BCUT2D eigenvalue weighted by Crippen LogP contribution is -2.09. The van der Waals surface area contributed by atoms with Gasteiger partial charge in [0.25, 0.3) is 0 Å². The van der Waals surface area contributed by atoms with Crippen LogP contribution in [-0.4, -0.2) is 37.9 Å². The van der Waals surface area contributed by atoms with Gasteiger partial charge in [0.1, 0.15) is 0 Å². The summed E-state index contributed by atoms with van der Waals surface area (Å²) >= 11 is 0. The van der Waals surface area contributed by atoms with E-state index in [1.54, 1.807) is 49.1 Å². The Morgan fingerprint density at radius 1 is 0.700 bits per heavy atom. The number of aliphatic carboxylic acids is 2. The van der Waals surface area contributed by atoms with Gasteiger partial charge in [0, 0.05) is 35.9 Å². The third-order valence-corrected chi connectivity index (χ3v) is 2.07. The zero-order valence-electron chi connectivity index (χ0n) is 10.1. The largest absolute Gasteiger partial charge is 0.473 e. The fourth-order valence-corrected chi connectivity index (χ4v) is 1.17. The highest BCUT2D eigenvalue weighted by atomic mass is 16.4. The molecule has 0 aliphatic carbocycles. The second-order valence-electron chi connectivity index (χ2n) is 3.41. The van der Waals surface area contributed by atoms with E-state index in [4.69, 9.17) is 19.8 Å². The number of hydrogen-bond acceptors (Lipinski definition) is 5. The fraction of sp³-hybridized carbons (Fsp3) is 0. The number of carbonyl (C=O) groups excluding carboxylic acids is 1. The van der Waals surface area contributed by atoms with E-state index in [9.17, 15) is 4.79 Å². The number of aromatic nitrogens is 2. The summed E-state index contributed by atoms with van der Waals surface area (Å²) in [6.07, 6.45) is 6.42. The van der Waals surface area contributed by atoms with E-state index in [0.29, 0.717) is 11.1 Å². The Morgan fingerprint density at radius 3 is 1.25 bits per heavy atom. The lowest BCUT2D eigenvalue weighted by Gasteiger charge is -1.98. The Balaban J connectivity index is 0.000000286. The normalized spacial score (nSPS) is 9.00. The highest BCUT2D eigenvalue weighted by Gasteiger charge is 2.06. The molecule has 102 valence electrons. The molecular weight excluding hydrogens is 264 g/mol. The summed E-state index contributed by atoms with van der Waals surface area (Å²) in [6, 6.07) is 6.79. The lowest BCUT2D eigenvalue weighted by atomic mass is 10.1. The van der Waals surface area contributed by atoms with Crippen LogP contribution < -0.4 is 0 Å². The Bertz CT molecular complexity index is 545. The van der Waals surface area contributed by atoms with Crippen molar-refractivity contribution in [2.45, 2.75) is 0 Å². The summed E-state index contributed by atoms with van der Waals surface area (Å²) < 4.78 is 0. The molecule has 0 amide bonds. The predicted molar refractivity (Wildman–Crippen MR) is 67.2 cm³/mol. The van der Waals surface area contributed by atoms with Crippen molar-refractivity contribution in [3.63, 3.8) is 0 Å². The van der Waals surface area contributed by atoms with E-state index in [2.05, 4.69) is 9.97 Å². The first kappa shape index (κ1) is 15.0. The van der Waals surface area contributed by atoms with Crippen LogP contribution in [-0.2, 0) is 9.59 Å². The maximum absolute atomic E-state index is 11.8. The van der Waals surface area contributed by atoms with E-state index in [1.807, 2.05) is 0 Å². The average molecular weight is 274 g/mol. The Labute approximate surface area is 113 Å². The van der Waals surface area contributed by atoms with Gasteiger partial charge >= 0.3 is 11.9 Å². The van der Waals surface area contributed by atoms with Crippen LogP contribution in [0.1, 0.15) is 15.9 Å². The zero-order chi connectivity index (χ0) is 15.0. The molecule has 2 aromatic heterocycles. The standard InChI is InChI=1S/C11H8N2O.C2H2O4/c14-11(9-1-5-12-6-2-9)10-3-7-13-8-4-10;3-1(4)2(5)6/h1-8H;(H,3,4)(H,5,6). The van der Waals surface area contributed by atoms with Gasteiger partial charge in [-0.2, -0.15) is 0 Å². The average Bonchev–Trinajstić information content (AvgIpc) is 2.49. The van der Waals surface area contributed by atoms with Gasteiger partial charge in [-0.05, 0) is 24.3 Å². The summed E-state index contributed by atoms with van der Waals surface area (Å²) in [4.78, 5) is 37.7. The number of carboxylic acid groups (broad SMARTS) is 2. The Hall–Kier alpha value is -3.09. The van der Waals surface area contributed by atoms with Crippen LogP contribution in [0.2, 0.25) is 0 Å². The van der Waals surface area contributed by atoms with Crippen molar-refractivity contribution < 1.29 is 24.6 Å².